The van der Waals surface area contributed by atoms with Gasteiger partial charge in [-0.25, -0.2) is 4.79 Å². The van der Waals surface area contributed by atoms with E-state index < -0.39 is 5.97 Å². The Hall–Kier alpha value is -1.51. The number of anilines is 1. The molecule has 0 spiro atoms. The molecule has 0 radical (unpaired) electrons. The van der Waals surface area contributed by atoms with Crippen molar-refractivity contribution in [2.45, 2.75) is 32.2 Å². The molecule has 3 nitrogen and oxygen atoms in total. The molecule has 4 rings (SSSR count). The molecule has 3 fully saturated rings. The van der Waals surface area contributed by atoms with Crippen LogP contribution in [-0.4, -0.2) is 17.1 Å². The Morgan fingerprint density at radius 2 is 1.95 bits per heavy atom. The summed E-state index contributed by atoms with van der Waals surface area (Å²) in [5, 5.41) is 12.6. The normalized spacial score (nSPS) is 38.1. The van der Waals surface area contributed by atoms with Gasteiger partial charge < -0.3 is 10.4 Å². The number of nitrogens with one attached hydrogen (secondary N) is 1. The van der Waals surface area contributed by atoms with Crippen molar-refractivity contribution in [2.24, 2.45) is 23.7 Å². The summed E-state index contributed by atoms with van der Waals surface area (Å²) in [5.74, 6) is 2.88. The molecule has 0 amide bonds. The number of aromatic carboxylic acids is 1. The highest BCUT2D eigenvalue weighted by atomic mass is 16.4. The van der Waals surface area contributed by atoms with Crippen molar-refractivity contribution < 1.29 is 9.90 Å². The second-order valence-electron chi connectivity index (χ2n) is 6.49. The van der Waals surface area contributed by atoms with E-state index in [0.29, 0.717) is 11.6 Å². The summed E-state index contributed by atoms with van der Waals surface area (Å²) in [6.07, 6.45) is 4.33. The van der Waals surface area contributed by atoms with Crippen molar-refractivity contribution in [1.82, 2.24) is 0 Å². The number of hydrogen-bond acceptors (Lipinski definition) is 2. The number of fused-ring (bicyclic) bond motifs is 5. The van der Waals surface area contributed by atoms with Gasteiger partial charge in [0.25, 0.3) is 0 Å². The fraction of sp³-hybridized carbons (Fsp3) is 0.562. The summed E-state index contributed by atoms with van der Waals surface area (Å²) in [6, 6.07) is 6.04. The minimum Gasteiger partial charge on any atom is -0.478 e. The van der Waals surface area contributed by atoms with Crippen LogP contribution in [0.25, 0.3) is 0 Å². The summed E-state index contributed by atoms with van der Waals surface area (Å²) >= 11 is 0. The molecule has 0 heterocycles. The van der Waals surface area contributed by atoms with Crippen LogP contribution in [-0.2, 0) is 0 Å². The standard InChI is InChI=1S/C16H19NO2/c1-8-6-11(16(18)19)4-5-12(8)17-15-13-9-2-3-10(7-9)14(13)15/h4-6,9-10,13-15,17H,2-3,7H2,1H3,(H,18,19). The molecule has 3 heteroatoms. The fourth-order valence-electron chi connectivity index (χ4n) is 4.66. The SMILES string of the molecule is Cc1cc(C(=O)O)ccc1NC1C2C3CCC(C3)C12. The molecule has 19 heavy (non-hydrogen) atoms. The highest BCUT2D eigenvalue weighted by Gasteiger charge is 2.65. The second-order valence-corrected chi connectivity index (χ2v) is 6.49. The number of carboxylic acids is 1. The van der Waals surface area contributed by atoms with E-state index in [9.17, 15) is 4.79 Å². The van der Waals surface area contributed by atoms with Gasteiger partial charge in [0, 0.05) is 11.7 Å². The molecular formula is C16H19NO2. The lowest BCUT2D eigenvalue weighted by atomic mass is 10.0. The van der Waals surface area contributed by atoms with E-state index in [1.165, 1.54) is 19.3 Å². The van der Waals surface area contributed by atoms with Gasteiger partial charge in [-0.15, -0.1) is 0 Å². The summed E-state index contributed by atoms with van der Waals surface area (Å²) in [6.45, 7) is 1.99. The average molecular weight is 257 g/mol. The van der Waals surface area contributed by atoms with Crippen LogP contribution in [0.15, 0.2) is 18.2 Å². The number of carboxylic acid groups (broad SMARTS) is 1. The van der Waals surface area contributed by atoms with Crippen LogP contribution in [0.1, 0.15) is 35.2 Å². The van der Waals surface area contributed by atoms with Gasteiger partial charge in [0.05, 0.1) is 5.56 Å². The van der Waals surface area contributed by atoms with Gasteiger partial charge in [0.2, 0.25) is 0 Å². The lowest BCUT2D eigenvalue weighted by molar-refractivity contribution is 0.0697. The zero-order valence-electron chi connectivity index (χ0n) is 11.1. The molecule has 3 aliphatic carbocycles. The third kappa shape index (κ3) is 1.60. The molecule has 100 valence electrons. The smallest absolute Gasteiger partial charge is 0.335 e. The van der Waals surface area contributed by atoms with Crippen LogP contribution in [0.2, 0.25) is 0 Å². The van der Waals surface area contributed by atoms with Gasteiger partial charge in [-0.1, -0.05) is 0 Å². The first kappa shape index (κ1) is 11.3. The average Bonchev–Trinajstić information content (AvgIpc) is 2.79. The van der Waals surface area contributed by atoms with Crippen molar-refractivity contribution in [3.63, 3.8) is 0 Å². The number of carbonyl (C=O) groups is 1. The van der Waals surface area contributed by atoms with Gasteiger partial charge in [0.15, 0.2) is 0 Å². The van der Waals surface area contributed by atoms with Crippen LogP contribution in [0, 0.1) is 30.6 Å². The molecule has 1 aromatic carbocycles. The van der Waals surface area contributed by atoms with Gasteiger partial charge in [0.1, 0.15) is 0 Å². The van der Waals surface area contributed by atoms with E-state index in [4.69, 9.17) is 5.11 Å². The highest BCUT2D eigenvalue weighted by Crippen LogP contribution is 2.66. The van der Waals surface area contributed by atoms with E-state index >= 15 is 0 Å². The minimum atomic E-state index is -0.851. The Balaban J connectivity index is 1.51. The first-order valence-electron chi connectivity index (χ1n) is 7.25. The van der Waals surface area contributed by atoms with Gasteiger partial charge in [-0.3, -0.25) is 0 Å². The fourth-order valence-corrected chi connectivity index (χ4v) is 4.66. The molecule has 0 aliphatic heterocycles. The number of hydrogen-bond donors (Lipinski definition) is 2. The zero-order valence-corrected chi connectivity index (χ0v) is 11.1. The summed E-state index contributed by atoms with van der Waals surface area (Å²) in [7, 11) is 0. The van der Waals surface area contributed by atoms with Crippen molar-refractivity contribution in [3.8, 4) is 0 Å². The van der Waals surface area contributed by atoms with Crippen LogP contribution < -0.4 is 5.32 Å². The van der Waals surface area contributed by atoms with Crippen LogP contribution in [0.3, 0.4) is 0 Å². The monoisotopic (exact) mass is 257 g/mol. The quantitative estimate of drug-likeness (QED) is 0.874. The van der Waals surface area contributed by atoms with Gasteiger partial charge in [-0.05, 0) is 73.6 Å². The molecule has 2 N–H and O–H groups in total. The number of aryl methyl sites for hydroxylation is 1. The molecular weight excluding hydrogens is 238 g/mol. The molecule has 4 atom stereocenters. The van der Waals surface area contributed by atoms with Crippen molar-refractivity contribution >= 4 is 11.7 Å². The van der Waals surface area contributed by atoms with Crippen LogP contribution in [0.4, 0.5) is 5.69 Å². The van der Waals surface area contributed by atoms with Crippen molar-refractivity contribution in [3.05, 3.63) is 29.3 Å². The largest absolute Gasteiger partial charge is 0.478 e. The summed E-state index contributed by atoms with van der Waals surface area (Å²) < 4.78 is 0. The Morgan fingerprint density at radius 1 is 1.26 bits per heavy atom. The Kier molecular flexibility index (Phi) is 2.23. The first-order valence-corrected chi connectivity index (χ1v) is 7.25. The second kappa shape index (κ2) is 3.75. The van der Waals surface area contributed by atoms with Gasteiger partial charge >= 0.3 is 5.97 Å². The van der Waals surface area contributed by atoms with E-state index in [1.54, 1.807) is 12.1 Å². The lowest BCUT2D eigenvalue weighted by Crippen LogP contribution is -2.13. The lowest BCUT2D eigenvalue weighted by Gasteiger charge is -2.14. The molecule has 3 aliphatic rings. The molecule has 2 bridgehead atoms. The van der Waals surface area contributed by atoms with E-state index in [0.717, 1.165) is 34.9 Å². The van der Waals surface area contributed by atoms with E-state index in [-0.39, 0.29) is 0 Å². The predicted octanol–water partition coefficient (Wildman–Crippen LogP) is 3.15. The minimum absolute atomic E-state index is 0.374. The van der Waals surface area contributed by atoms with E-state index in [1.807, 2.05) is 13.0 Å². The summed E-state index contributed by atoms with van der Waals surface area (Å²) in [4.78, 5) is 10.9. The molecule has 0 saturated heterocycles. The predicted molar refractivity (Wildman–Crippen MR) is 73.4 cm³/mol. The van der Waals surface area contributed by atoms with Crippen molar-refractivity contribution in [2.75, 3.05) is 5.32 Å². The van der Waals surface area contributed by atoms with Gasteiger partial charge in [-0.2, -0.15) is 0 Å². The topological polar surface area (TPSA) is 49.3 Å². The van der Waals surface area contributed by atoms with Crippen molar-refractivity contribution in [1.29, 1.82) is 0 Å². The molecule has 3 saturated carbocycles. The third-order valence-electron chi connectivity index (χ3n) is 5.53. The number of rotatable bonds is 3. The zero-order chi connectivity index (χ0) is 13.1. The van der Waals surface area contributed by atoms with E-state index in [2.05, 4.69) is 5.32 Å². The highest BCUT2D eigenvalue weighted by molar-refractivity contribution is 5.88. The Labute approximate surface area is 113 Å². The Bertz CT molecular complexity index is 538. The Morgan fingerprint density at radius 3 is 2.53 bits per heavy atom. The van der Waals surface area contributed by atoms with Crippen LogP contribution >= 0.6 is 0 Å². The summed E-state index contributed by atoms with van der Waals surface area (Å²) in [5.41, 5.74) is 2.53. The molecule has 0 aromatic heterocycles. The maximum atomic E-state index is 10.9. The maximum Gasteiger partial charge on any atom is 0.335 e. The molecule has 4 unspecified atom stereocenters. The molecule has 1 aromatic rings. The third-order valence-corrected chi connectivity index (χ3v) is 5.53. The van der Waals surface area contributed by atoms with Crippen LogP contribution in [0.5, 0.6) is 0 Å². The maximum absolute atomic E-state index is 10.9. The first-order chi connectivity index (χ1) is 9.15. The number of benzene rings is 1.